The number of urea groups is 1. The number of carbonyl (C=O) groups excluding carboxylic acids is 1. The van der Waals surface area contributed by atoms with Crippen LogP contribution in [0, 0.1) is 0 Å². The Hall–Kier alpha value is -2.58. The Morgan fingerprint density at radius 2 is 1.73 bits per heavy atom. The van der Waals surface area contributed by atoms with Gasteiger partial charge < -0.3 is 15.3 Å². The van der Waals surface area contributed by atoms with Crippen LogP contribution in [0.4, 0.5) is 10.5 Å². The van der Waals surface area contributed by atoms with E-state index in [1.807, 2.05) is 0 Å². The number of carbonyl (C=O) groups is 1. The van der Waals surface area contributed by atoms with Gasteiger partial charge in [-0.1, -0.05) is 18.2 Å². The van der Waals surface area contributed by atoms with E-state index in [0.717, 1.165) is 0 Å². The standard InChI is InChI=1S/C18H23N3O4S/c1-13(2)20-26(24,25)16-10-8-15(9-11-16)19-18(23)21(3)12-14-6-4-5-7-17(14)22/h4-11,13,20,22H,12H2,1-3H3,(H,19,23). The zero-order valence-corrected chi connectivity index (χ0v) is 15.7. The fourth-order valence-electron chi connectivity index (χ4n) is 2.29. The molecule has 0 aromatic heterocycles. The summed E-state index contributed by atoms with van der Waals surface area (Å²) in [6.07, 6.45) is 0. The molecule has 0 bridgehead atoms. The summed E-state index contributed by atoms with van der Waals surface area (Å²) in [5.41, 5.74) is 1.11. The number of hydrogen-bond acceptors (Lipinski definition) is 4. The zero-order chi connectivity index (χ0) is 19.3. The van der Waals surface area contributed by atoms with Crippen LogP contribution in [0.5, 0.6) is 5.75 Å². The summed E-state index contributed by atoms with van der Waals surface area (Å²) < 4.78 is 26.7. The van der Waals surface area contributed by atoms with Crippen molar-refractivity contribution in [1.82, 2.24) is 9.62 Å². The smallest absolute Gasteiger partial charge is 0.321 e. The zero-order valence-electron chi connectivity index (χ0n) is 14.9. The quantitative estimate of drug-likeness (QED) is 0.721. The van der Waals surface area contributed by atoms with Crippen molar-refractivity contribution < 1.29 is 18.3 Å². The molecule has 140 valence electrons. The first-order chi connectivity index (χ1) is 12.2. The van der Waals surface area contributed by atoms with Gasteiger partial charge in [-0.05, 0) is 44.2 Å². The minimum Gasteiger partial charge on any atom is -0.508 e. The molecule has 0 fully saturated rings. The summed E-state index contributed by atoms with van der Waals surface area (Å²) in [6, 6.07) is 12.1. The molecule has 0 unspecified atom stereocenters. The molecular weight excluding hydrogens is 354 g/mol. The molecule has 2 aromatic rings. The molecule has 0 spiro atoms. The maximum atomic E-state index is 12.3. The van der Waals surface area contributed by atoms with Crippen molar-refractivity contribution in [2.75, 3.05) is 12.4 Å². The van der Waals surface area contributed by atoms with E-state index in [9.17, 15) is 18.3 Å². The molecule has 0 saturated heterocycles. The second kappa shape index (κ2) is 8.20. The number of benzene rings is 2. The molecule has 2 aromatic carbocycles. The number of para-hydroxylation sites is 1. The largest absolute Gasteiger partial charge is 0.508 e. The highest BCUT2D eigenvalue weighted by Crippen LogP contribution is 2.18. The van der Waals surface area contributed by atoms with Gasteiger partial charge in [-0.2, -0.15) is 0 Å². The van der Waals surface area contributed by atoms with E-state index in [1.165, 1.54) is 29.2 Å². The van der Waals surface area contributed by atoms with Gasteiger partial charge in [-0.25, -0.2) is 17.9 Å². The number of nitrogens with one attached hydrogen (secondary N) is 2. The van der Waals surface area contributed by atoms with Crippen LogP contribution in [0.25, 0.3) is 0 Å². The highest BCUT2D eigenvalue weighted by Gasteiger charge is 2.16. The van der Waals surface area contributed by atoms with E-state index < -0.39 is 10.0 Å². The first-order valence-corrected chi connectivity index (χ1v) is 9.59. The number of anilines is 1. The minimum atomic E-state index is -3.57. The number of phenolic OH excluding ortho intramolecular Hbond substituents is 1. The fourth-order valence-corrected chi connectivity index (χ4v) is 3.54. The summed E-state index contributed by atoms with van der Waals surface area (Å²) in [5, 5.41) is 12.5. The molecule has 0 radical (unpaired) electrons. The molecule has 2 rings (SSSR count). The summed E-state index contributed by atoms with van der Waals surface area (Å²) >= 11 is 0. The van der Waals surface area contributed by atoms with Crippen LogP contribution >= 0.6 is 0 Å². The Morgan fingerprint density at radius 3 is 2.31 bits per heavy atom. The van der Waals surface area contributed by atoms with Gasteiger partial charge in [0, 0.05) is 24.3 Å². The van der Waals surface area contributed by atoms with Crippen molar-refractivity contribution in [1.29, 1.82) is 0 Å². The van der Waals surface area contributed by atoms with E-state index in [-0.39, 0.29) is 29.3 Å². The Bertz CT molecular complexity index is 864. The van der Waals surface area contributed by atoms with Crippen molar-refractivity contribution in [2.45, 2.75) is 31.3 Å². The molecule has 2 amide bonds. The van der Waals surface area contributed by atoms with Crippen LogP contribution in [-0.2, 0) is 16.6 Å². The van der Waals surface area contributed by atoms with E-state index in [1.54, 1.807) is 45.2 Å². The first kappa shape index (κ1) is 19.7. The third-order valence-corrected chi connectivity index (χ3v) is 5.23. The van der Waals surface area contributed by atoms with Crippen LogP contribution in [0.15, 0.2) is 53.4 Å². The van der Waals surface area contributed by atoms with Gasteiger partial charge in [0.2, 0.25) is 10.0 Å². The number of amides is 2. The fraction of sp³-hybridized carbons (Fsp3) is 0.278. The van der Waals surface area contributed by atoms with E-state index in [4.69, 9.17) is 0 Å². The van der Waals surface area contributed by atoms with Gasteiger partial charge >= 0.3 is 6.03 Å². The summed E-state index contributed by atoms with van der Waals surface area (Å²) in [6.45, 7) is 3.72. The predicted octanol–water partition coefficient (Wildman–Crippen LogP) is 2.74. The normalized spacial score (nSPS) is 11.4. The second-order valence-electron chi connectivity index (χ2n) is 6.22. The van der Waals surface area contributed by atoms with Crippen LogP contribution in [0.1, 0.15) is 19.4 Å². The second-order valence-corrected chi connectivity index (χ2v) is 7.93. The number of rotatable bonds is 6. The minimum absolute atomic E-state index is 0.124. The molecule has 3 N–H and O–H groups in total. The molecule has 26 heavy (non-hydrogen) atoms. The lowest BCUT2D eigenvalue weighted by Gasteiger charge is -2.19. The average Bonchev–Trinajstić information content (AvgIpc) is 2.56. The maximum Gasteiger partial charge on any atom is 0.321 e. The summed E-state index contributed by atoms with van der Waals surface area (Å²) in [4.78, 5) is 13.8. The van der Waals surface area contributed by atoms with Crippen LogP contribution in [-0.4, -0.2) is 37.5 Å². The van der Waals surface area contributed by atoms with E-state index >= 15 is 0 Å². The molecule has 0 aliphatic heterocycles. The molecule has 0 aliphatic carbocycles. The van der Waals surface area contributed by atoms with Gasteiger partial charge in [0.25, 0.3) is 0 Å². The first-order valence-electron chi connectivity index (χ1n) is 8.10. The SMILES string of the molecule is CC(C)NS(=O)(=O)c1ccc(NC(=O)N(C)Cc2ccccc2O)cc1. The molecular formula is C18H23N3O4S. The summed E-state index contributed by atoms with van der Waals surface area (Å²) in [5.74, 6) is 0.124. The topological polar surface area (TPSA) is 98.7 Å². The lowest BCUT2D eigenvalue weighted by Crippen LogP contribution is -2.31. The Balaban J connectivity index is 2.02. The van der Waals surface area contributed by atoms with Gasteiger partial charge in [0.15, 0.2) is 0 Å². The number of sulfonamides is 1. The van der Waals surface area contributed by atoms with Gasteiger partial charge in [0.1, 0.15) is 5.75 Å². The third-order valence-electron chi connectivity index (χ3n) is 3.55. The molecule has 0 heterocycles. The van der Waals surface area contributed by atoms with Crippen molar-refractivity contribution in [3.05, 3.63) is 54.1 Å². The van der Waals surface area contributed by atoms with Gasteiger partial charge in [-0.15, -0.1) is 0 Å². The molecule has 8 heteroatoms. The van der Waals surface area contributed by atoms with Crippen LogP contribution in [0.3, 0.4) is 0 Å². The number of nitrogens with zero attached hydrogens (tertiary/aromatic N) is 1. The van der Waals surface area contributed by atoms with E-state index in [0.29, 0.717) is 11.3 Å². The lowest BCUT2D eigenvalue weighted by molar-refractivity contribution is 0.220. The van der Waals surface area contributed by atoms with Crippen molar-refractivity contribution >= 4 is 21.7 Å². The van der Waals surface area contributed by atoms with Gasteiger partial charge in [0.05, 0.1) is 11.4 Å². The number of phenols is 1. The monoisotopic (exact) mass is 377 g/mol. The van der Waals surface area contributed by atoms with Crippen LogP contribution in [0.2, 0.25) is 0 Å². The molecule has 0 atom stereocenters. The number of aromatic hydroxyl groups is 1. The van der Waals surface area contributed by atoms with Crippen molar-refractivity contribution in [3.8, 4) is 5.75 Å². The molecule has 7 nitrogen and oxygen atoms in total. The van der Waals surface area contributed by atoms with Crippen LogP contribution < -0.4 is 10.0 Å². The van der Waals surface area contributed by atoms with Crippen molar-refractivity contribution in [2.24, 2.45) is 0 Å². The van der Waals surface area contributed by atoms with Crippen molar-refractivity contribution in [3.63, 3.8) is 0 Å². The Kier molecular flexibility index (Phi) is 6.23. The third kappa shape index (κ3) is 5.21. The predicted molar refractivity (Wildman–Crippen MR) is 100 cm³/mol. The Morgan fingerprint density at radius 1 is 1.12 bits per heavy atom. The molecule has 0 aliphatic rings. The Labute approximate surface area is 153 Å². The maximum absolute atomic E-state index is 12.3. The van der Waals surface area contributed by atoms with E-state index in [2.05, 4.69) is 10.0 Å². The highest BCUT2D eigenvalue weighted by molar-refractivity contribution is 7.89. The highest BCUT2D eigenvalue weighted by atomic mass is 32.2. The lowest BCUT2D eigenvalue weighted by atomic mass is 10.2. The molecule has 0 saturated carbocycles. The number of hydrogen-bond donors (Lipinski definition) is 3. The van der Waals surface area contributed by atoms with Gasteiger partial charge in [-0.3, -0.25) is 0 Å². The average molecular weight is 377 g/mol. The summed E-state index contributed by atoms with van der Waals surface area (Å²) in [7, 11) is -1.96.